The van der Waals surface area contributed by atoms with Crippen molar-refractivity contribution in [3.05, 3.63) is 47.5 Å². The number of methoxy groups -OCH3 is 1. The van der Waals surface area contributed by atoms with Gasteiger partial charge in [-0.05, 0) is 18.2 Å². The van der Waals surface area contributed by atoms with Crippen LogP contribution in [0.1, 0.15) is 5.56 Å². The molecule has 0 spiro atoms. The molecule has 0 radical (unpaired) electrons. The zero-order chi connectivity index (χ0) is 13.4. The summed E-state index contributed by atoms with van der Waals surface area (Å²) in [4.78, 5) is 0. The average molecular weight is 313 g/mol. The van der Waals surface area contributed by atoms with Crippen molar-refractivity contribution in [3.63, 3.8) is 0 Å². The Bertz CT molecular complexity index is 419. The Morgan fingerprint density at radius 2 is 2.06 bits per heavy atom. The summed E-state index contributed by atoms with van der Waals surface area (Å²) in [5, 5.41) is 2.16. The van der Waals surface area contributed by atoms with Gasteiger partial charge in [0.2, 0.25) is 0 Å². The minimum absolute atomic E-state index is 0.463. The second-order valence-electron chi connectivity index (χ2n) is 3.71. The number of ether oxygens (including phenoxy) is 2. The van der Waals surface area contributed by atoms with Crippen LogP contribution in [0.25, 0.3) is 0 Å². The van der Waals surface area contributed by atoms with E-state index in [2.05, 4.69) is 34.4 Å². The summed E-state index contributed by atoms with van der Waals surface area (Å²) in [5.74, 6) is 1.46. The highest BCUT2D eigenvalue weighted by Gasteiger charge is 2.10. The molecule has 1 aromatic carbocycles. The number of hydrogen-bond acceptors (Lipinski definition) is 2. The molecule has 2 N–H and O–H groups in total. The first-order valence-corrected chi connectivity index (χ1v) is 6.54. The van der Waals surface area contributed by atoms with Gasteiger partial charge in [-0.1, -0.05) is 35.2 Å². The van der Waals surface area contributed by atoms with Gasteiger partial charge < -0.3 is 14.8 Å². The van der Waals surface area contributed by atoms with Gasteiger partial charge in [-0.2, -0.15) is 0 Å². The average Bonchev–Trinajstić information content (AvgIpc) is 2.38. The summed E-state index contributed by atoms with van der Waals surface area (Å²) in [7, 11) is 1.64. The number of quaternary nitrogens is 1. The van der Waals surface area contributed by atoms with Gasteiger partial charge >= 0.3 is 0 Å². The van der Waals surface area contributed by atoms with Crippen LogP contribution >= 0.6 is 15.9 Å². The first-order chi connectivity index (χ1) is 8.72. The van der Waals surface area contributed by atoms with Crippen LogP contribution in [0, 0.1) is 0 Å². The lowest BCUT2D eigenvalue weighted by atomic mass is 10.2. The van der Waals surface area contributed by atoms with E-state index in [1.807, 2.05) is 18.2 Å². The first kappa shape index (κ1) is 14.8. The summed E-state index contributed by atoms with van der Waals surface area (Å²) in [5.41, 5.74) is 1.17. The molecule has 0 bridgehead atoms. The Balaban J connectivity index is 2.87. The minimum atomic E-state index is 0.463. The van der Waals surface area contributed by atoms with E-state index in [0.717, 1.165) is 29.1 Å². The van der Waals surface area contributed by atoms with Gasteiger partial charge in [-0.25, -0.2) is 0 Å². The van der Waals surface area contributed by atoms with Crippen molar-refractivity contribution < 1.29 is 14.8 Å². The molecule has 18 heavy (non-hydrogen) atoms. The second-order valence-corrected chi connectivity index (χ2v) is 4.57. The van der Waals surface area contributed by atoms with E-state index >= 15 is 0 Å². The Kier molecular flexibility index (Phi) is 6.54. The predicted molar refractivity (Wildman–Crippen MR) is 77.1 cm³/mol. The lowest BCUT2D eigenvalue weighted by Crippen LogP contribution is -2.82. The van der Waals surface area contributed by atoms with E-state index in [9.17, 15) is 0 Å². The fourth-order valence-electron chi connectivity index (χ4n) is 1.51. The predicted octanol–water partition coefficient (Wildman–Crippen LogP) is 2.27. The minimum Gasteiger partial charge on any atom is -0.493 e. The lowest BCUT2D eigenvalue weighted by molar-refractivity contribution is -0.662. The highest BCUT2D eigenvalue weighted by Crippen LogP contribution is 2.33. The molecule has 0 atom stereocenters. The van der Waals surface area contributed by atoms with Gasteiger partial charge in [0.05, 0.1) is 13.7 Å². The van der Waals surface area contributed by atoms with Crippen LogP contribution in [-0.2, 0) is 6.54 Å². The lowest BCUT2D eigenvalue weighted by Gasteiger charge is -2.12. The van der Waals surface area contributed by atoms with Crippen molar-refractivity contribution in [2.24, 2.45) is 0 Å². The molecule has 0 amide bonds. The molecule has 0 aliphatic heterocycles. The van der Waals surface area contributed by atoms with E-state index in [1.54, 1.807) is 13.2 Å². The van der Waals surface area contributed by atoms with Gasteiger partial charge in [-0.3, -0.25) is 0 Å². The van der Waals surface area contributed by atoms with E-state index < -0.39 is 0 Å². The Labute approximate surface area is 117 Å². The summed E-state index contributed by atoms with van der Waals surface area (Å²) in [6, 6.07) is 3.92. The molecule has 0 saturated heterocycles. The number of halogens is 1. The maximum absolute atomic E-state index is 5.54. The van der Waals surface area contributed by atoms with E-state index in [0.29, 0.717) is 6.61 Å². The second kappa shape index (κ2) is 7.95. The summed E-state index contributed by atoms with van der Waals surface area (Å²) in [6.07, 6.45) is 3.59. The molecule has 0 aliphatic rings. The molecule has 3 nitrogen and oxygen atoms in total. The highest BCUT2D eigenvalue weighted by atomic mass is 79.9. The third-order valence-corrected chi connectivity index (χ3v) is 3.13. The Hall–Kier alpha value is -1.26. The van der Waals surface area contributed by atoms with Crippen LogP contribution in [-0.4, -0.2) is 20.3 Å². The van der Waals surface area contributed by atoms with Crippen LogP contribution in [0.5, 0.6) is 11.5 Å². The Morgan fingerprint density at radius 1 is 1.28 bits per heavy atom. The molecule has 0 unspecified atom stereocenters. The molecule has 0 fully saturated rings. The van der Waals surface area contributed by atoms with Crippen LogP contribution in [0.2, 0.25) is 0 Å². The van der Waals surface area contributed by atoms with E-state index in [4.69, 9.17) is 9.47 Å². The first-order valence-electron chi connectivity index (χ1n) is 5.75. The molecule has 4 heteroatoms. The zero-order valence-corrected chi connectivity index (χ0v) is 12.2. The van der Waals surface area contributed by atoms with Gasteiger partial charge in [-0.15, -0.1) is 0 Å². The smallest absolute Gasteiger partial charge is 0.162 e. The summed E-state index contributed by atoms with van der Waals surface area (Å²) in [6.45, 7) is 9.55. The topological polar surface area (TPSA) is 35.1 Å². The van der Waals surface area contributed by atoms with Crippen LogP contribution in [0.4, 0.5) is 0 Å². The van der Waals surface area contributed by atoms with Crippen molar-refractivity contribution in [2.75, 3.05) is 20.3 Å². The van der Waals surface area contributed by atoms with E-state index in [-0.39, 0.29) is 0 Å². The monoisotopic (exact) mass is 312 g/mol. The van der Waals surface area contributed by atoms with E-state index in [1.165, 1.54) is 5.56 Å². The highest BCUT2D eigenvalue weighted by molar-refractivity contribution is 9.10. The van der Waals surface area contributed by atoms with Gasteiger partial charge in [0.25, 0.3) is 0 Å². The van der Waals surface area contributed by atoms with Crippen molar-refractivity contribution >= 4 is 15.9 Å². The fourth-order valence-corrected chi connectivity index (χ4v) is 2.00. The molecule has 0 heterocycles. The van der Waals surface area contributed by atoms with Crippen LogP contribution < -0.4 is 14.8 Å². The number of hydrogen-bond donors (Lipinski definition) is 1. The van der Waals surface area contributed by atoms with Crippen LogP contribution in [0.3, 0.4) is 0 Å². The maximum atomic E-state index is 5.54. The van der Waals surface area contributed by atoms with Crippen molar-refractivity contribution in [1.82, 2.24) is 0 Å². The van der Waals surface area contributed by atoms with Crippen molar-refractivity contribution in [2.45, 2.75) is 6.54 Å². The number of nitrogens with two attached hydrogens (primary N) is 1. The van der Waals surface area contributed by atoms with Gasteiger partial charge in [0, 0.05) is 10.0 Å². The number of rotatable bonds is 8. The summed E-state index contributed by atoms with van der Waals surface area (Å²) < 4.78 is 11.9. The maximum Gasteiger partial charge on any atom is 0.162 e. The van der Waals surface area contributed by atoms with Crippen molar-refractivity contribution in [1.29, 1.82) is 0 Å². The fraction of sp³-hybridized carbons (Fsp3) is 0.286. The third kappa shape index (κ3) is 4.20. The summed E-state index contributed by atoms with van der Waals surface area (Å²) >= 11 is 3.55. The van der Waals surface area contributed by atoms with Gasteiger partial charge in [0.15, 0.2) is 11.5 Å². The molecular formula is C14H19BrNO2+. The Morgan fingerprint density at radius 3 is 2.67 bits per heavy atom. The normalized spacial score (nSPS) is 9.89. The molecular weight excluding hydrogens is 294 g/mol. The van der Waals surface area contributed by atoms with Gasteiger partial charge in [0.1, 0.15) is 13.2 Å². The molecule has 0 aromatic heterocycles. The quantitative estimate of drug-likeness (QED) is 0.590. The third-order valence-electron chi connectivity index (χ3n) is 2.39. The SMILES string of the molecule is C=CC[NH2+]Cc1cc(OC)c(OCC=C)cc1Br. The molecule has 98 valence electrons. The molecule has 1 rings (SSSR count). The molecule has 0 aliphatic carbocycles. The number of benzene rings is 1. The molecule has 0 saturated carbocycles. The van der Waals surface area contributed by atoms with Crippen LogP contribution in [0.15, 0.2) is 41.9 Å². The zero-order valence-electron chi connectivity index (χ0n) is 10.6. The van der Waals surface area contributed by atoms with Crippen molar-refractivity contribution in [3.8, 4) is 11.5 Å². The molecule has 1 aromatic rings. The standard InChI is InChI=1S/C14H18BrNO2/c1-4-6-16-10-11-8-13(17-3)14(9-12(11)15)18-7-5-2/h4-5,8-9,16H,1-2,6-7,10H2,3H3/p+1. The largest absolute Gasteiger partial charge is 0.493 e.